The molecule has 162 valence electrons. The van der Waals surface area contributed by atoms with Crippen molar-refractivity contribution in [3.63, 3.8) is 0 Å². The molecule has 1 heterocycles. The molecule has 1 amide bonds. The van der Waals surface area contributed by atoms with E-state index in [2.05, 4.69) is 0 Å². The first-order valence-electron chi connectivity index (χ1n) is 9.76. The van der Waals surface area contributed by atoms with Gasteiger partial charge in [-0.05, 0) is 24.3 Å². The number of rotatable bonds is 8. The molecule has 0 atom stereocenters. The lowest BCUT2D eigenvalue weighted by molar-refractivity contribution is 0.0690. The summed E-state index contributed by atoms with van der Waals surface area (Å²) in [6.45, 7) is 1.84. The first-order valence-corrected chi connectivity index (χ1v) is 11.2. The maximum absolute atomic E-state index is 13.0. The van der Waals surface area contributed by atoms with Crippen LogP contribution in [0.5, 0.6) is 11.5 Å². The van der Waals surface area contributed by atoms with Crippen molar-refractivity contribution in [2.24, 2.45) is 0 Å². The Kier molecular flexibility index (Phi) is 7.30. The molecule has 1 saturated heterocycles. The third-order valence-electron chi connectivity index (χ3n) is 4.78. The van der Waals surface area contributed by atoms with E-state index in [-0.39, 0.29) is 19.0 Å². The topological polar surface area (TPSA) is 79.4 Å². The maximum atomic E-state index is 13.0. The highest BCUT2D eigenvalue weighted by molar-refractivity contribution is 7.86. The Morgan fingerprint density at radius 3 is 2.17 bits per heavy atom. The Morgan fingerprint density at radius 1 is 0.900 bits per heavy atom. The minimum atomic E-state index is -3.47. The zero-order chi connectivity index (χ0) is 21.6. The molecule has 30 heavy (non-hydrogen) atoms. The van der Waals surface area contributed by atoms with E-state index in [0.29, 0.717) is 37.6 Å². The van der Waals surface area contributed by atoms with Crippen molar-refractivity contribution >= 4 is 16.1 Å². The van der Waals surface area contributed by atoms with Crippen molar-refractivity contribution in [1.82, 2.24) is 13.5 Å². The highest BCUT2D eigenvalue weighted by atomic mass is 32.2. The van der Waals surface area contributed by atoms with E-state index < -0.39 is 10.2 Å². The molecular weight excluding hydrogens is 406 g/mol. The molecular formula is C21H27N3O5S. The average molecular weight is 434 g/mol. The summed E-state index contributed by atoms with van der Waals surface area (Å²) in [5.41, 5.74) is 0.459. The van der Waals surface area contributed by atoms with E-state index in [0.717, 1.165) is 5.75 Å². The second-order valence-electron chi connectivity index (χ2n) is 6.99. The van der Waals surface area contributed by atoms with Crippen molar-refractivity contribution in [3.05, 3.63) is 60.2 Å². The zero-order valence-electron chi connectivity index (χ0n) is 17.2. The smallest absolute Gasteiger partial charge is 0.281 e. The molecule has 0 saturated carbocycles. The SMILES string of the molecule is CN(C)S(=O)(=O)N1CCN(C(=O)c2ccccc2OCCOc2ccccc2)CC1. The molecule has 0 radical (unpaired) electrons. The van der Waals surface area contributed by atoms with Crippen LogP contribution >= 0.6 is 0 Å². The monoisotopic (exact) mass is 433 g/mol. The summed E-state index contributed by atoms with van der Waals surface area (Å²) in [6.07, 6.45) is 0. The van der Waals surface area contributed by atoms with Gasteiger partial charge in [0.05, 0.1) is 5.56 Å². The molecule has 0 aliphatic carbocycles. The van der Waals surface area contributed by atoms with E-state index in [1.165, 1.54) is 22.7 Å². The number of nitrogens with zero attached hydrogens (tertiary/aromatic N) is 3. The normalized spacial score (nSPS) is 15.2. The highest BCUT2D eigenvalue weighted by Gasteiger charge is 2.31. The van der Waals surface area contributed by atoms with E-state index in [9.17, 15) is 13.2 Å². The predicted molar refractivity (Wildman–Crippen MR) is 114 cm³/mol. The van der Waals surface area contributed by atoms with Gasteiger partial charge in [-0.1, -0.05) is 30.3 Å². The fourth-order valence-corrected chi connectivity index (χ4v) is 4.21. The molecule has 0 unspecified atom stereocenters. The van der Waals surface area contributed by atoms with Gasteiger partial charge in [0, 0.05) is 40.3 Å². The predicted octanol–water partition coefficient (Wildman–Crippen LogP) is 1.71. The molecule has 9 heteroatoms. The number of hydrogen-bond donors (Lipinski definition) is 0. The molecule has 1 aliphatic rings. The van der Waals surface area contributed by atoms with E-state index in [1.807, 2.05) is 36.4 Å². The highest BCUT2D eigenvalue weighted by Crippen LogP contribution is 2.21. The van der Waals surface area contributed by atoms with Crippen molar-refractivity contribution in [1.29, 1.82) is 0 Å². The largest absolute Gasteiger partial charge is 0.490 e. The van der Waals surface area contributed by atoms with Crippen LogP contribution in [-0.2, 0) is 10.2 Å². The van der Waals surface area contributed by atoms with E-state index in [1.54, 1.807) is 23.1 Å². The molecule has 2 aromatic rings. The lowest BCUT2D eigenvalue weighted by Gasteiger charge is -2.35. The lowest BCUT2D eigenvalue weighted by atomic mass is 10.1. The van der Waals surface area contributed by atoms with Crippen LogP contribution in [0.25, 0.3) is 0 Å². The van der Waals surface area contributed by atoms with Crippen LogP contribution in [0.4, 0.5) is 0 Å². The maximum Gasteiger partial charge on any atom is 0.281 e. The fourth-order valence-electron chi connectivity index (χ4n) is 3.12. The van der Waals surface area contributed by atoms with Gasteiger partial charge in [-0.2, -0.15) is 17.0 Å². The molecule has 8 nitrogen and oxygen atoms in total. The molecule has 0 spiro atoms. The van der Waals surface area contributed by atoms with Gasteiger partial charge >= 0.3 is 0 Å². The Bertz CT molecular complexity index is 942. The number of para-hydroxylation sites is 2. The van der Waals surface area contributed by atoms with Gasteiger partial charge in [0.25, 0.3) is 16.1 Å². The number of hydrogen-bond acceptors (Lipinski definition) is 5. The number of piperazine rings is 1. The van der Waals surface area contributed by atoms with Crippen LogP contribution in [-0.4, -0.2) is 81.3 Å². The lowest BCUT2D eigenvalue weighted by Crippen LogP contribution is -2.53. The van der Waals surface area contributed by atoms with Crippen molar-refractivity contribution in [2.75, 3.05) is 53.5 Å². The van der Waals surface area contributed by atoms with Crippen LogP contribution in [0, 0.1) is 0 Å². The van der Waals surface area contributed by atoms with Crippen LogP contribution in [0.1, 0.15) is 10.4 Å². The van der Waals surface area contributed by atoms with Gasteiger partial charge in [-0.15, -0.1) is 0 Å². The summed E-state index contributed by atoms with van der Waals surface area (Å²) in [5.74, 6) is 1.08. The molecule has 0 aromatic heterocycles. The summed E-state index contributed by atoms with van der Waals surface area (Å²) in [6, 6.07) is 16.5. The summed E-state index contributed by atoms with van der Waals surface area (Å²) in [4.78, 5) is 14.7. The minimum absolute atomic E-state index is 0.170. The first kappa shape index (κ1) is 22.1. The quantitative estimate of drug-likeness (QED) is 0.592. The second-order valence-corrected chi connectivity index (χ2v) is 9.13. The van der Waals surface area contributed by atoms with Gasteiger partial charge in [0.1, 0.15) is 24.7 Å². The summed E-state index contributed by atoms with van der Waals surface area (Å²) < 4.78 is 38.5. The molecule has 3 rings (SSSR count). The number of ether oxygens (including phenoxy) is 2. The fraction of sp³-hybridized carbons (Fsp3) is 0.381. The molecule has 0 N–H and O–H groups in total. The average Bonchev–Trinajstić information content (AvgIpc) is 2.77. The minimum Gasteiger partial charge on any atom is -0.490 e. The number of carbonyl (C=O) groups excluding carboxylic acids is 1. The van der Waals surface area contributed by atoms with Crippen molar-refractivity contribution < 1.29 is 22.7 Å². The summed E-state index contributed by atoms with van der Waals surface area (Å²) in [5, 5.41) is 0. The van der Waals surface area contributed by atoms with Crippen molar-refractivity contribution in [3.8, 4) is 11.5 Å². The van der Waals surface area contributed by atoms with Crippen LogP contribution in [0.2, 0.25) is 0 Å². The van der Waals surface area contributed by atoms with E-state index >= 15 is 0 Å². The Labute approximate surface area is 177 Å². The third-order valence-corrected chi connectivity index (χ3v) is 6.72. The number of amides is 1. The van der Waals surface area contributed by atoms with Gasteiger partial charge in [-0.3, -0.25) is 4.79 Å². The van der Waals surface area contributed by atoms with Gasteiger partial charge in [0.2, 0.25) is 0 Å². The molecule has 1 fully saturated rings. The van der Waals surface area contributed by atoms with E-state index in [4.69, 9.17) is 9.47 Å². The molecule has 0 bridgehead atoms. The standard InChI is InChI=1S/C21H27N3O5S/c1-22(2)30(26,27)24-14-12-23(13-15-24)21(25)19-10-6-7-11-20(19)29-17-16-28-18-8-4-3-5-9-18/h3-11H,12-17H2,1-2H3. The van der Waals surface area contributed by atoms with Gasteiger partial charge < -0.3 is 14.4 Å². The second kappa shape index (κ2) is 9.92. The Balaban J connectivity index is 1.57. The molecule has 2 aromatic carbocycles. The van der Waals surface area contributed by atoms with Crippen LogP contribution in [0.3, 0.4) is 0 Å². The van der Waals surface area contributed by atoms with Crippen LogP contribution in [0.15, 0.2) is 54.6 Å². The van der Waals surface area contributed by atoms with Gasteiger partial charge in [0.15, 0.2) is 0 Å². The summed E-state index contributed by atoms with van der Waals surface area (Å²) in [7, 11) is -0.466. The Morgan fingerprint density at radius 2 is 1.50 bits per heavy atom. The van der Waals surface area contributed by atoms with Gasteiger partial charge in [-0.25, -0.2) is 0 Å². The zero-order valence-corrected chi connectivity index (χ0v) is 18.0. The Hall–Kier alpha value is -2.62. The number of carbonyl (C=O) groups is 1. The molecule has 1 aliphatic heterocycles. The van der Waals surface area contributed by atoms with Crippen LogP contribution < -0.4 is 9.47 Å². The third kappa shape index (κ3) is 5.29. The summed E-state index contributed by atoms with van der Waals surface area (Å²) >= 11 is 0. The first-order chi connectivity index (χ1) is 14.4. The number of benzene rings is 2. The van der Waals surface area contributed by atoms with Crippen molar-refractivity contribution in [2.45, 2.75) is 0 Å².